The lowest BCUT2D eigenvalue weighted by Crippen LogP contribution is -2.56. The molecule has 1 aliphatic heterocycles. The number of carbonyl (C=O) groups excluding carboxylic acids is 1. The molecule has 1 fully saturated rings. The van der Waals surface area contributed by atoms with Crippen LogP contribution in [0.4, 0.5) is 4.79 Å². The van der Waals surface area contributed by atoms with Crippen molar-refractivity contribution in [2.45, 2.75) is 63.7 Å². The monoisotopic (exact) mass is 245 g/mol. The number of ether oxygens (including phenoxy) is 1. The number of nitrogens with one attached hydrogen (secondary N) is 1. The summed E-state index contributed by atoms with van der Waals surface area (Å²) < 4.78 is 4.73. The second-order valence-electron chi connectivity index (χ2n) is 4.93. The van der Waals surface area contributed by atoms with Crippen LogP contribution in [-0.4, -0.2) is 40.7 Å². The van der Waals surface area contributed by atoms with Gasteiger partial charge in [-0.15, -0.1) is 0 Å². The number of carbonyl (C=O) groups is 1. The Morgan fingerprint density at radius 3 is 2.88 bits per heavy atom. The van der Waals surface area contributed by atoms with Crippen LogP contribution in [0.1, 0.15) is 46.0 Å². The highest BCUT2D eigenvalue weighted by atomic mass is 16.6. The molecule has 0 radical (unpaired) electrons. The number of hydrogen-bond donors (Lipinski definition) is 3. The quantitative estimate of drug-likeness (QED) is 0.614. The van der Waals surface area contributed by atoms with Crippen molar-refractivity contribution in [1.82, 2.24) is 5.32 Å². The van der Waals surface area contributed by atoms with Crippen molar-refractivity contribution in [2.75, 3.05) is 6.61 Å². The summed E-state index contributed by atoms with van der Waals surface area (Å²) in [5, 5.41) is 22.8. The molecule has 1 rings (SSSR count). The number of amides is 1. The van der Waals surface area contributed by atoms with Crippen LogP contribution in [0, 0.1) is 0 Å². The maximum atomic E-state index is 11.0. The van der Waals surface area contributed by atoms with Gasteiger partial charge in [0.2, 0.25) is 0 Å². The van der Waals surface area contributed by atoms with Crippen molar-refractivity contribution in [2.24, 2.45) is 0 Å². The highest BCUT2D eigenvalue weighted by Crippen LogP contribution is 2.23. The Labute approximate surface area is 102 Å². The largest absolute Gasteiger partial charge is 0.449 e. The lowest BCUT2D eigenvalue weighted by molar-refractivity contribution is -0.0896. The van der Waals surface area contributed by atoms with Crippen molar-refractivity contribution >= 4 is 6.09 Å². The van der Waals surface area contributed by atoms with Crippen LogP contribution in [0.3, 0.4) is 0 Å². The smallest absolute Gasteiger partial charge is 0.407 e. The van der Waals surface area contributed by atoms with E-state index >= 15 is 0 Å². The minimum absolute atomic E-state index is 0.290. The first-order chi connectivity index (χ1) is 7.97. The number of alkyl carbamates (subject to hydrolysis) is 1. The normalized spacial score (nSPS) is 25.6. The number of rotatable bonds is 6. The van der Waals surface area contributed by atoms with E-state index in [-0.39, 0.29) is 0 Å². The summed E-state index contributed by atoms with van der Waals surface area (Å²) in [5.74, 6) is 0. The van der Waals surface area contributed by atoms with Crippen LogP contribution in [0.2, 0.25) is 0 Å². The summed E-state index contributed by atoms with van der Waals surface area (Å²) in [6.45, 7) is 4.00. The van der Waals surface area contributed by atoms with Gasteiger partial charge in [0.15, 0.2) is 0 Å². The predicted molar refractivity (Wildman–Crippen MR) is 63.7 cm³/mol. The first-order valence-corrected chi connectivity index (χ1v) is 6.31. The van der Waals surface area contributed by atoms with Crippen molar-refractivity contribution < 1.29 is 19.7 Å². The van der Waals surface area contributed by atoms with E-state index < -0.39 is 23.8 Å². The van der Waals surface area contributed by atoms with E-state index in [1.54, 1.807) is 6.92 Å². The molecular weight excluding hydrogens is 222 g/mol. The summed E-state index contributed by atoms with van der Waals surface area (Å²) in [5.41, 5.74) is -1.16. The summed E-state index contributed by atoms with van der Waals surface area (Å²) >= 11 is 0. The minimum atomic E-state index is -1.16. The first-order valence-electron chi connectivity index (χ1n) is 6.31. The molecule has 0 spiro atoms. The highest BCUT2D eigenvalue weighted by Gasteiger charge is 2.38. The minimum Gasteiger partial charge on any atom is -0.449 e. The Morgan fingerprint density at radius 2 is 2.29 bits per heavy atom. The number of unbranched alkanes of at least 4 members (excludes halogenated alkanes) is 2. The zero-order valence-corrected chi connectivity index (χ0v) is 10.6. The third kappa shape index (κ3) is 4.16. The lowest BCUT2D eigenvalue weighted by Gasteiger charge is -2.36. The van der Waals surface area contributed by atoms with Crippen molar-refractivity contribution in [1.29, 1.82) is 0 Å². The van der Waals surface area contributed by atoms with Crippen molar-refractivity contribution in [3.63, 3.8) is 0 Å². The van der Waals surface area contributed by atoms with Crippen molar-refractivity contribution in [3.05, 3.63) is 0 Å². The molecule has 1 aliphatic rings. The van der Waals surface area contributed by atoms with Crippen LogP contribution in [0.25, 0.3) is 0 Å². The average molecular weight is 245 g/mol. The van der Waals surface area contributed by atoms with Crippen LogP contribution in [0.5, 0.6) is 0 Å². The van der Waals surface area contributed by atoms with Gasteiger partial charge in [0, 0.05) is 6.42 Å². The highest BCUT2D eigenvalue weighted by molar-refractivity contribution is 5.68. The predicted octanol–water partition coefficient (Wildman–Crippen LogP) is 1.18. The van der Waals surface area contributed by atoms with Gasteiger partial charge in [0.05, 0.1) is 18.2 Å². The van der Waals surface area contributed by atoms with E-state index in [2.05, 4.69) is 12.2 Å². The van der Waals surface area contributed by atoms with Gasteiger partial charge in [-0.25, -0.2) is 4.79 Å². The summed E-state index contributed by atoms with van der Waals surface area (Å²) in [4.78, 5) is 11.0. The number of aliphatic hydroxyl groups is 2. The number of cyclic esters (lactones) is 1. The molecule has 0 aromatic rings. The van der Waals surface area contributed by atoms with E-state index in [4.69, 9.17) is 4.74 Å². The number of hydrogen-bond acceptors (Lipinski definition) is 4. The fourth-order valence-electron chi connectivity index (χ4n) is 2.09. The van der Waals surface area contributed by atoms with Gasteiger partial charge < -0.3 is 20.3 Å². The zero-order valence-electron chi connectivity index (χ0n) is 10.6. The Hall–Kier alpha value is -0.810. The Kier molecular flexibility index (Phi) is 5.21. The molecule has 5 nitrogen and oxygen atoms in total. The van der Waals surface area contributed by atoms with E-state index in [0.29, 0.717) is 19.4 Å². The van der Waals surface area contributed by atoms with Crippen LogP contribution in [-0.2, 0) is 4.74 Å². The molecule has 0 aromatic carbocycles. The second kappa shape index (κ2) is 6.21. The second-order valence-corrected chi connectivity index (χ2v) is 4.93. The third-order valence-corrected chi connectivity index (χ3v) is 3.27. The first kappa shape index (κ1) is 14.3. The molecule has 3 N–H and O–H groups in total. The van der Waals surface area contributed by atoms with Crippen molar-refractivity contribution in [3.8, 4) is 0 Å². The van der Waals surface area contributed by atoms with Gasteiger partial charge in [-0.05, 0) is 13.3 Å². The molecule has 17 heavy (non-hydrogen) atoms. The molecule has 0 aromatic heterocycles. The fraction of sp³-hybridized carbons (Fsp3) is 0.917. The van der Waals surface area contributed by atoms with Gasteiger partial charge >= 0.3 is 6.09 Å². The van der Waals surface area contributed by atoms with Gasteiger partial charge in [0.25, 0.3) is 0 Å². The molecular formula is C12H23NO4. The Balaban J connectivity index is 2.48. The number of aliphatic hydroxyl groups excluding tert-OH is 1. The third-order valence-electron chi connectivity index (χ3n) is 3.27. The van der Waals surface area contributed by atoms with Gasteiger partial charge in [0.1, 0.15) is 6.10 Å². The molecule has 1 heterocycles. The van der Waals surface area contributed by atoms with E-state index in [9.17, 15) is 15.0 Å². The molecule has 3 atom stereocenters. The molecule has 100 valence electrons. The molecule has 1 amide bonds. The molecule has 5 heteroatoms. The molecule has 0 unspecified atom stereocenters. The molecule has 0 aliphatic carbocycles. The summed E-state index contributed by atoms with van der Waals surface area (Å²) in [6, 6.07) is -0.423. The topological polar surface area (TPSA) is 78.8 Å². The van der Waals surface area contributed by atoms with Gasteiger partial charge in [-0.2, -0.15) is 0 Å². The molecule has 0 bridgehead atoms. The average Bonchev–Trinajstić information content (AvgIpc) is 2.28. The summed E-state index contributed by atoms with van der Waals surface area (Å²) in [6.07, 6.45) is 2.56. The molecule has 1 saturated heterocycles. The fourth-order valence-corrected chi connectivity index (χ4v) is 2.09. The van der Waals surface area contributed by atoms with Crippen LogP contribution < -0.4 is 5.32 Å². The van der Waals surface area contributed by atoms with Crippen LogP contribution >= 0.6 is 0 Å². The maximum absolute atomic E-state index is 11.0. The summed E-state index contributed by atoms with van der Waals surface area (Å²) in [7, 11) is 0. The lowest BCUT2D eigenvalue weighted by atomic mass is 9.86. The van der Waals surface area contributed by atoms with E-state index in [1.165, 1.54) is 0 Å². The van der Waals surface area contributed by atoms with E-state index in [0.717, 1.165) is 19.3 Å². The maximum Gasteiger partial charge on any atom is 0.407 e. The van der Waals surface area contributed by atoms with E-state index in [1.807, 2.05) is 0 Å². The SMILES string of the molecule is CCCCC[C@@](C)(O)[C@H](O)[C@H]1CCOC(=O)N1. The Morgan fingerprint density at radius 1 is 1.59 bits per heavy atom. The molecule has 0 saturated carbocycles. The zero-order chi connectivity index (χ0) is 12.9. The Bertz CT molecular complexity index is 255. The van der Waals surface area contributed by atoms with Gasteiger partial charge in [-0.1, -0.05) is 26.2 Å². The van der Waals surface area contributed by atoms with Crippen LogP contribution in [0.15, 0.2) is 0 Å². The standard InChI is InChI=1S/C12H23NO4/c1-3-4-5-7-12(2,16)10(14)9-6-8-17-11(15)13-9/h9-10,14,16H,3-8H2,1-2H3,(H,13,15)/t9-,10-,12-/m1/s1. The van der Waals surface area contributed by atoms with Gasteiger partial charge in [-0.3, -0.25) is 0 Å².